The fraction of sp³-hybridized carbons (Fsp3) is 0.0175. The zero-order valence-electron chi connectivity index (χ0n) is 32.4. The van der Waals surface area contributed by atoms with Crippen molar-refractivity contribution >= 4 is 61.5 Å². The minimum atomic E-state index is 1.12. The molecular formula is C57H41N. The van der Waals surface area contributed by atoms with E-state index in [0.29, 0.717) is 0 Å². The molecule has 0 spiro atoms. The van der Waals surface area contributed by atoms with Gasteiger partial charge in [0.2, 0.25) is 0 Å². The number of benzene rings is 10. The molecule has 1 nitrogen and oxygen atoms in total. The smallest absolute Gasteiger partial charge is 0.0464 e. The topological polar surface area (TPSA) is 3.24 Å². The molecular weight excluding hydrogens is 699 g/mol. The first-order valence-electron chi connectivity index (χ1n) is 20.0. The van der Waals surface area contributed by atoms with E-state index < -0.39 is 0 Å². The molecule has 10 rings (SSSR count). The van der Waals surface area contributed by atoms with Gasteiger partial charge in [0.05, 0.1) is 0 Å². The third kappa shape index (κ3) is 6.53. The first kappa shape index (κ1) is 35.0. The van der Waals surface area contributed by atoms with Crippen molar-refractivity contribution < 1.29 is 0 Å². The van der Waals surface area contributed by atoms with Crippen molar-refractivity contribution in [2.24, 2.45) is 0 Å². The number of fused-ring (bicyclic) bond motifs is 3. The van der Waals surface area contributed by atoms with Gasteiger partial charge >= 0.3 is 0 Å². The monoisotopic (exact) mass is 739 g/mol. The summed E-state index contributed by atoms with van der Waals surface area (Å²) in [4.78, 5) is 2.33. The third-order valence-corrected chi connectivity index (χ3v) is 11.3. The second-order valence-electron chi connectivity index (χ2n) is 15.0. The molecule has 0 saturated carbocycles. The highest BCUT2D eigenvalue weighted by Gasteiger charge is 2.19. The van der Waals surface area contributed by atoms with Crippen LogP contribution in [-0.2, 0) is 0 Å². The second-order valence-corrected chi connectivity index (χ2v) is 15.0. The maximum atomic E-state index is 2.33. The van der Waals surface area contributed by atoms with Crippen molar-refractivity contribution in [2.45, 2.75) is 6.92 Å². The van der Waals surface area contributed by atoms with E-state index in [1.165, 1.54) is 82.4 Å². The van der Waals surface area contributed by atoms with Crippen molar-refractivity contribution in [3.8, 4) is 33.4 Å². The zero-order valence-corrected chi connectivity index (χ0v) is 32.4. The summed E-state index contributed by atoms with van der Waals surface area (Å²) >= 11 is 0. The lowest BCUT2D eigenvalue weighted by molar-refractivity contribution is 1.27. The lowest BCUT2D eigenvalue weighted by Crippen LogP contribution is -2.09. The Kier molecular flexibility index (Phi) is 9.18. The Morgan fingerprint density at radius 1 is 0.328 bits per heavy atom. The van der Waals surface area contributed by atoms with Gasteiger partial charge in [-0.3, -0.25) is 0 Å². The molecule has 0 saturated heterocycles. The van der Waals surface area contributed by atoms with Gasteiger partial charge in [-0.25, -0.2) is 0 Å². The van der Waals surface area contributed by atoms with Crippen LogP contribution in [-0.4, -0.2) is 0 Å². The van der Waals surface area contributed by atoms with Gasteiger partial charge in [0.1, 0.15) is 0 Å². The van der Waals surface area contributed by atoms with Gasteiger partial charge in [0.15, 0.2) is 0 Å². The Hall–Kier alpha value is -7.48. The van der Waals surface area contributed by atoms with Crippen LogP contribution in [0.15, 0.2) is 218 Å². The van der Waals surface area contributed by atoms with Crippen LogP contribution in [0, 0.1) is 6.92 Å². The molecule has 10 aromatic rings. The van der Waals surface area contributed by atoms with Crippen molar-refractivity contribution in [3.63, 3.8) is 0 Å². The highest BCUT2D eigenvalue weighted by atomic mass is 15.1. The molecule has 0 heterocycles. The molecule has 0 fully saturated rings. The number of nitrogens with zero attached hydrogens (tertiary/aromatic N) is 1. The number of rotatable bonds is 8. The summed E-state index contributed by atoms with van der Waals surface area (Å²) in [5.74, 6) is 0. The van der Waals surface area contributed by atoms with Gasteiger partial charge in [0.25, 0.3) is 0 Å². The molecule has 0 bridgehead atoms. The van der Waals surface area contributed by atoms with E-state index in [4.69, 9.17) is 0 Å². The van der Waals surface area contributed by atoms with E-state index in [0.717, 1.165) is 17.1 Å². The second kappa shape index (κ2) is 15.2. The van der Waals surface area contributed by atoms with E-state index in [1.54, 1.807) is 0 Å². The third-order valence-electron chi connectivity index (χ3n) is 11.3. The fourth-order valence-corrected chi connectivity index (χ4v) is 8.59. The average molecular weight is 740 g/mol. The predicted molar refractivity (Wildman–Crippen MR) is 250 cm³/mol. The van der Waals surface area contributed by atoms with Crippen molar-refractivity contribution in [2.75, 3.05) is 4.90 Å². The lowest BCUT2D eigenvalue weighted by Gasteiger charge is -2.26. The Balaban J connectivity index is 1.07. The van der Waals surface area contributed by atoms with Crippen LogP contribution in [0.1, 0.15) is 16.7 Å². The van der Waals surface area contributed by atoms with E-state index in [1.807, 2.05) is 0 Å². The standard InChI is InChI=1S/C57H41N/c1-40-15-14-20-48(39-40)58(46-18-6-3-7-19-46)47-36-33-45(34-37-47)56-51-23-10-12-25-53(51)57(54-26-13-11-24-52(54)56)55-38-35-44(49-21-8-9-22-50(49)55)32-29-41-27-30-43(31-28-41)42-16-4-2-5-17-42/h2-39H,1H3/b32-29+. The summed E-state index contributed by atoms with van der Waals surface area (Å²) in [5.41, 5.74) is 14.4. The van der Waals surface area contributed by atoms with E-state index >= 15 is 0 Å². The summed E-state index contributed by atoms with van der Waals surface area (Å²) in [6.45, 7) is 2.15. The Labute approximate surface area is 340 Å². The number of para-hydroxylation sites is 1. The summed E-state index contributed by atoms with van der Waals surface area (Å²) in [6, 6.07) is 79.1. The minimum absolute atomic E-state index is 1.12. The van der Waals surface area contributed by atoms with Gasteiger partial charge in [-0.1, -0.05) is 194 Å². The Bertz CT molecular complexity index is 3030. The average Bonchev–Trinajstić information content (AvgIpc) is 3.29. The SMILES string of the molecule is Cc1cccc(N(c2ccccc2)c2ccc(-c3c4ccccc4c(-c4ccc(/C=C/c5ccc(-c6ccccc6)cc5)c5ccccc45)c4ccccc34)cc2)c1. The van der Waals surface area contributed by atoms with Gasteiger partial charge in [-0.2, -0.15) is 0 Å². The summed E-state index contributed by atoms with van der Waals surface area (Å²) in [6.07, 6.45) is 4.48. The van der Waals surface area contributed by atoms with Crippen LogP contribution in [0.5, 0.6) is 0 Å². The molecule has 1 heteroatoms. The molecule has 0 unspecified atom stereocenters. The number of hydrogen-bond donors (Lipinski definition) is 0. The summed E-state index contributed by atoms with van der Waals surface area (Å²) in [7, 11) is 0. The molecule has 10 aromatic carbocycles. The van der Waals surface area contributed by atoms with Crippen molar-refractivity contribution in [3.05, 3.63) is 235 Å². The first-order chi connectivity index (χ1) is 28.7. The van der Waals surface area contributed by atoms with Crippen LogP contribution < -0.4 is 4.90 Å². The van der Waals surface area contributed by atoms with Crippen LogP contribution in [0.25, 0.3) is 77.9 Å². The minimum Gasteiger partial charge on any atom is -0.310 e. The molecule has 0 radical (unpaired) electrons. The molecule has 274 valence electrons. The molecule has 0 amide bonds. The molecule has 0 aliphatic rings. The first-order valence-corrected chi connectivity index (χ1v) is 20.0. The largest absolute Gasteiger partial charge is 0.310 e. The highest BCUT2D eigenvalue weighted by Crippen LogP contribution is 2.46. The van der Waals surface area contributed by atoms with E-state index in [-0.39, 0.29) is 0 Å². The van der Waals surface area contributed by atoms with Gasteiger partial charge in [-0.15, -0.1) is 0 Å². The van der Waals surface area contributed by atoms with Crippen LogP contribution in [0.3, 0.4) is 0 Å². The quantitative estimate of drug-likeness (QED) is 0.111. The molecule has 0 aliphatic carbocycles. The maximum absolute atomic E-state index is 2.33. The zero-order chi connectivity index (χ0) is 38.8. The van der Waals surface area contributed by atoms with Gasteiger partial charge in [0, 0.05) is 17.1 Å². The van der Waals surface area contributed by atoms with E-state index in [2.05, 4.69) is 242 Å². The van der Waals surface area contributed by atoms with Crippen LogP contribution in [0.2, 0.25) is 0 Å². The van der Waals surface area contributed by atoms with Gasteiger partial charge < -0.3 is 4.90 Å². The number of hydrogen-bond acceptors (Lipinski definition) is 1. The van der Waals surface area contributed by atoms with Crippen molar-refractivity contribution in [1.82, 2.24) is 0 Å². The molecule has 0 N–H and O–H groups in total. The van der Waals surface area contributed by atoms with Crippen molar-refractivity contribution in [1.29, 1.82) is 0 Å². The van der Waals surface area contributed by atoms with E-state index in [9.17, 15) is 0 Å². The molecule has 0 aliphatic heterocycles. The fourth-order valence-electron chi connectivity index (χ4n) is 8.59. The highest BCUT2D eigenvalue weighted by molar-refractivity contribution is 6.23. The Morgan fingerprint density at radius 2 is 0.828 bits per heavy atom. The molecule has 0 aromatic heterocycles. The normalized spacial score (nSPS) is 11.5. The van der Waals surface area contributed by atoms with Crippen LogP contribution in [0.4, 0.5) is 17.1 Å². The summed E-state index contributed by atoms with van der Waals surface area (Å²) < 4.78 is 0. The lowest BCUT2D eigenvalue weighted by atomic mass is 9.84. The molecule has 58 heavy (non-hydrogen) atoms. The number of aryl methyl sites for hydroxylation is 1. The van der Waals surface area contributed by atoms with Gasteiger partial charge in [-0.05, 0) is 126 Å². The van der Waals surface area contributed by atoms with Crippen LogP contribution >= 0.6 is 0 Å². The number of anilines is 3. The maximum Gasteiger partial charge on any atom is 0.0464 e. The molecule has 0 atom stereocenters. The predicted octanol–water partition coefficient (Wildman–Crippen LogP) is 16.1. The summed E-state index contributed by atoms with van der Waals surface area (Å²) in [5, 5.41) is 7.47. The Morgan fingerprint density at radius 3 is 1.47 bits per heavy atom.